The first-order valence-electron chi connectivity index (χ1n) is 9.03. The number of benzene rings is 1. The molecule has 33 heavy (non-hydrogen) atoms. The number of aromatic nitrogens is 5. The number of anilines is 2. The van der Waals surface area contributed by atoms with Gasteiger partial charge < -0.3 is 10.4 Å². The number of nitrogens with zero attached hydrogens (tertiary/aromatic N) is 5. The summed E-state index contributed by atoms with van der Waals surface area (Å²) >= 11 is 5.77. The van der Waals surface area contributed by atoms with E-state index >= 15 is 0 Å². The van der Waals surface area contributed by atoms with E-state index in [2.05, 4.69) is 25.4 Å². The summed E-state index contributed by atoms with van der Waals surface area (Å²) < 4.78 is 53.5. The Kier molecular flexibility index (Phi) is 5.68. The fourth-order valence-corrected chi connectivity index (χ4v) is 2.99. The standard InChI is InChI=1S/C20H11ClF4N6O2/c21-14-6-12(1-2-15(14)22)28-19-27-9-13(10-5-11(18(32)33)8-26-7-10)17(29-19)31-4-3-16(30-31)20(23,24)25/h1-9H,(H,32,33)(H,27,28,29). The summed E-state index contributed by atoms with van der Waals surface area (Å²) in [5.41, 5.74) is -0.552. The van der Waals surface area contributed by atoms with E-state index in [4.69, 9.17) is 11.6 Å². The Morgan fingerprint density at radius 1 is 1.12 bits per heavy atom. The van der Waals surface area contributed by atoms with Crippen LogP contribution in [0.1, 0.15) is 16.1 Å². The molecule has 0 bridgehead atoms. The van der Waals surface area contributed by atoms with Crippen LogP contribution in [0.25, 0.3) is 16.9 Å². The average Bonchev–Trinajstić information content (AvgIpc) is 3.27. The molecule has 4 rings (SSSR count). The minimum absolute atomic E-state index is 0.0529. The fraction of sp³-hybridized carbons (Fsp3) is 0.0500. The molecule has 0 amide bonds. The average molecular weight is 479 g/mol. The number of alkyl halides is 3. The zero-order chi connectivity index (χ0) is 23.8. The molecule has 13 heteroatoms. The summed E-state index contributed by atoms with van der Waals surface area (Å²) in [6.45, 7) is 0. The molecule has 0 saturated heterocycles. The van der Waals surface area contributed by atoms with E-state index < -0.39 is 23.7 Å². The van der Waals surface area contributed by atoms with E-state index in [1.165, 1.54) is 30.6 Å². The van der Waals surface area contributed by atoms with Crippen molar-refractivity contribution in [1.29, 1.82) is 0 Å². The summed E-state index contributed by atoms with van der Waals surface area (Å²) in [5.74, 6) is -2.01. The Bertz CT molecular complexity index is 1360. The van der Waals surface area contributed by atoms with E-state index in [0.29, 0.717) is 5.69 Å². The first kappa shape index (κ1) is 22.1. The zero-order valence-electron chi connectivity index (χ0n) is 16.2. The van der Waals surface area contributed by atoms with Crippen LogP contribution in [0.3, 0.4) is 0 Å². The van der Waals surface area contributed by atoms with Crippen LogP contribution in [0.2, 0.25) is 5.02 Å². The van der Waals surface area contributed by atoms with Gasteiger partial charge >= 0.3 is 12.1 Å². The number of halogens is 5. The Morgan fingerprint density at radius 3 is 2.58 bits per heavy atom. The van der Waals surface area contributed by atoms with Crippen molar-refractivity contribution in [1.82, 2.24) is 24.7 Å². The molecule has 1 aromatic carbocycles. The molecular formula is C20H11ClF4N6O2. The van der Waals surface area contributed by atoms with Crippen molar-refractivity contribution in [2.75, 3.05) is 5.32 Å². The Balaban J connectivity index is 1.82. The molecule has 168 valence electrons. The van der Waals surface area contributed by atoms with Crippen LogP contribution < -0.4 is 5.32 Å². The maximum Gasteiger partial charge on any atom is 0.435 e. The van der Waals surface area contributed by atoms with Gasteiger partial charge in [-0.1, -0.05) is 11.6 Å². The lowest BCUT2D eigenvalue weighted by atomic mass is 10.1. The number of rotatable bonds is 5. The van der Waals surface area contributed by atoms with Gasteiger partial charge in [0.05, 0.1) is 10.6 Å². The lowest BCUT2D eigenvalue weighted by molar-refractivity contribution is -0.141. The van der Waals surface area contributed by atoms with Gasteiger partial charge in [0.2, 0.25) is 5.95 Å². The van der Waals surface area contributed by atoms with E-state index in [9.17, 15) is 27.5 Å². The number of carboxylic acids is 1. The second-order valence-electron chi connectivity index (χ2n) is 6.60. The van der Waals surface area contributed by atoms with Gasteiger partial charge in [-0.25, -0.2) is 18.9 Å². The predicted molar refractivity (Wildman–Crippen MR) is 109 cm³/mol. The van der Waals surface area contributed by atoms with Crippen LogP contribution >= 0.6 is 11.6 Å². The number of carboxylic acid groups (broad SMARTS) is 1. The van der Waals surface area contributed by atoms with E-state index in [1.807, 2.05) is 0 Å². The minimum atomic E-state index is -4.69. The smallest absolute Gasteiger partial charge is 0.435 e. The van der Waals surface area contributed by atoms with Crippen molar-refractivity contribution in [3.05, 3.63) is 77.2 Å². The van der Waals surface area contributed by atoms with Gasteiger partial charge in [0.15, 0.2) is 11.5 Å². The first-order chi connectivity index (χ1) is 15.6. The molecule has 0 aliphatic carbocycles. The van der Waals surface area contributed by atoms with Crippen LogP contribution in [-0.2, 0) is 6.18 Å². The molecule has 8 nitrogen and oxygen atoms in total. The third-order valence-electron chi connectivity index (χ3n) is 4.34. The molecule has 4 aromatic rings. The number of hydrogen-bond acceptors (Lipinski definition) is 6. The maximum atomic E-state index is 13.4. The molecule has 3 heterocycles. The molecule has 0 radical (unpaired) electrons. The second kappa shape index (κ2) is 8.47. The van der Waals surface area contributed by atoms with Crippen LogP contribution in [0.5, 0.6) is 0 Å². The topological polar surface area (TPSA) is 106 Å². The molecule has 0 spiro atoms. The molecule has 0 aliphatic rings. The van der Waals surface area contributed by atoms with Gasteiger partial charge in [-0.15, -0.1) is 0 Å². The SMILES string of the molecule is O=C(O)c1cncc(-c2cnc(Nc3ccc(F)c(Cl)c3)nc2-n2ccc(C(F)(F)F)n2)c1. The van der Waals surface area contributed by atoms with Gasteiger partial charge in [-0.2, -0.15) is 23.3 Å². The lowest BCUT2D eigenvalue weighted by Crippen LogP contribution is -2.10. The summed E-state index contributed by atoms with van der Waals surface area (Å²) in [4.78, 5) is 23.5. The molecule has 0 unspecified atom stereocenters. The number of nitrogens with one attached hydrogen (secondary N) is 1. The highest BCUT2D eigenvalue weighted by atomic mass is 35.5. The quantitative estimate of drug-likeness (QED) is 0.390. The Labute approximate surface area is 187 Å². The molecule has 0 atom stereocenters. The van der Waals surface area contributed by atoms with Gasteiger partial charge in [-0.05, 0) is 30.3 Å². The van der Waals surface area contributed by atoms with Crippen molar-refractivity contribution in [3.8, 4) is 16.9 Å². The second-order valence-corrected chi connectivity index (χ2v) is 7.00. The highest BCUT2D eigenvalue weighted by Crippen LogP contribution is 2.31. The lowest BCUT2D eigenvalue weighted by Gasteiger charge is -2.12. The Morgan fingerprint density at radius 2 is 1.91 bits per heavy atom. The number of carbonyl (C=O) groups is 1. The molecular weight excluding hydrogens is 468 g/mol. The van der Waals surface area contributed by atoms with Crippen LogP contribution in [0.4, 0.5) is 29.2 Å². The molecule has 0 fully saturated rings. The monoisotopic (exact) mass is 478 g/mol. The third-order valence-corrected chi connectivity index (χ3v) is 4.63. The molecule has 3 aromatic heterocycles. The highest BCUT2D eigenvalue weighted by molar-refractivity contribution is 6.31. The van der Waals surface area contributed by atoms with E-state index in [1.54, 1.807) is 0 Å². The van der Waals surface area contributed by atoms with E-state index in [0.717, 1.165) is 29.2 Å². The normalized spacial score (nSPS) is 11.4. The number of hydrogen-bond donors (Lipinski definition) is 2. The van der Waals surface area contributed by atoms with Crippen LogP contribution in [0.15, 0.2) is 55.1 Å². The highest BCUT2D eigenvalue weighted by Gasteiger charge is 2.34. The number of aromatic carboxylic acids is 1. The van der Waals surface area contributed by atoms with Gasteiger partial charge in [0.1, 0.15) is 5.82 Å². The zero-order valence-corrected chi connectivity index (χ0v) is 16.9. The van der Waals surface area contributed by atoms with Crippen molar-refractivity contribution >= 4 is 29.2 Å². The third kappa shape index (κ3) is 4.75. The van der Waals surface area contributed by atoms with Crippen molar-refractivity contribution in [2.45, 2.75) is 6.18 Å². The molecule has 2 N–H and O–H groups in total. The fourth-order valence-electron chi connectivity index (χ4n) is 2.81. The van der Waals surface area contributed by atoms with E-state index in [-0.39, 0.29) is 33.5 Å². The van der Waals surface area contributed by atoms with Crippen LogP contribution in [-0.4, -0.2) is 35.8 Å². The summed E-state index contributed by atoms with van der Waals surface area (Å²) in [6.07, 6.45) is 0.0795. The van der Waals surface area contributed by atoms with Gasteiger partial charge in [-0.3, -0.25) is 4.98 Å². The summed E-state index contributed by atoms with van der Waals surface area (Å²) in [5, 5.41) is 15.4. The predicted octanol–water partition coefficient (Wildman–Crippen LogP) is 4.98. The molecule has 0 saturated carbocycles. The number of pyridine rings is 1. The summed E-state index contributed by atoms with van der Waals surface area (Å²) in [7, 11) is 0. The van der Waals surface area contributed by atoms with Crippen molar-refractivity contribution in [3.63, 3.8) is 0 Å². The van der Waals surface area contributed by atoms with Gasteiger partial charge in [0, 0.05) is 41.6 Å². The minimum Gasteiger partial charge on any atom is -0.478 e. The maximum absolute atomic E-state index is 13.4. The van der Waals surface area contributed by atoms with Crippen LogP contribution in [0, 0.1) is 5.82 Å². The van der Waals surface area contributed by atoms with Crippen molar-refractivity contribution < 1.29 is 27.5 Å². The molecule has 0 aliphatic heterocycles. The Hall–Kier alpha value is -4.06. The largest absolute Gasteiger partial charge is 0.478 e. The van der Waals surface area contributed by atoms with Gasteiger partial charge in [0.25, 0.3) is 0 Å². The summed E-state index contributed by atoms with van der Waals surface area (Å²) in [6, 6.07) is 5.81. The van der Waals surface area contributed by atoms with Crippen molar-refractivity contribution in [2.24, 2.45) is 0 Å². The first-order valence-corrected chi connectivity index (χ1v) is 9.40.